The predicted molar refractivity (Wildman–Crippen MR) is 42.9 cm³/mol. The fraction of sp³-hybridized carbons (Fsp3) is 0.286. The molecule has 1 aromatic heterocycles. The predicted octanol–water partition coefficient (Wildman–Crippen LogP) is 0.587. The molecule has 0 aromatic carbocycles. The third-order valence-corrected chi connectivity index (χ3v) is 1.47. The number of rotatable bonds is 0. The van der Waals surface area contributed by atoms with Crippen molar-refractivity contribution in [3.05, 3.63) is 17.6 Å². The molecule has 1 N–H and O–H groups in total. The lowest BCUT2D eigenvalue weighted by atomic mass is 10.4. The summed E-state index contributed by atoms with van der Waals surface area (Å²) in [4.78, 5) is 12.4. The van der Waals surface area contributed by atoms with Crippen molar-refractivity contribution in [2.24, 2.45) is 4.99 Å². The molecule has 0 unspecified atom stereocenters. The highest BCUT2D eigenvalue weighted by Gasteiger charge is 2.05. The largest absolute Gasteiger partial charge is 0.349 e. The first kappa shape index (κ1) is 6.27. The molecule has 0 saturated carbocycles. The molecule has 1 aliphatic rings. The van der Waals surface area contributed by atoms with Crippen molar-refractivity contribution in [1.29, 1.82) is 0 Å². The Morgan fingerprint density at radius 3 is 3.36 bits per heavy atom. The number of nitrogens with zero attached hydrogens (tertiary/aromatic N) is 3. The number of anilines is 1. The third kappa shape index (κ3) is 1.07. The summed E-state index contributed by atoms with van der Waals surface area (Å²) in [6.45, 7) is 2.51. The molecule has 0 fully saturated rings. The van der Waals surface area contributed by atoms with Gasteiger partial charge in [0.05, 0.1) is 18.1 Å². The van der Waals surface area contributed by atoms with E-state index in [1.54, 1.807) is 12.4 Å². The fourth-order valence-electron chi connectivity index (χ4n) is 0.975. The summed E-state index contributed by atoms with van der Waals surface area (Å²) in [6.07, 6.45) is 3.48. The third-order valence-electron chi connectivity index (χ3n) is 1.47. The van der Waals surface area contributed by atoms with Gasteiger partial charge in [0.1, 0.15) is 12.4 Å². The van der Waals surface area contributed by atoms with Crippen molar-refractivity contribution in [1.82, 2.24) is 9.97 Å². The number of aryl methyl sites for hydroxylation is 1. The SMILES string of the molecule is Cc1cnc2c(n1)C=NCN2. The molecule has 2 rings (SSSR count). The average Bonchev–Trinajstić information content (AvgIpc) is 2.04. The topological polar surface area (TPSA) is 50.2 Å². The van der Waals surface area contributed by atoms with Gasteiger partial charge in [-0.05, 0) is 6.92 Å². The number of fused-ring (bicyclic) bond motifs is 1. The Morgan fingerprint density at radius 1 is 1.55 bits per heavy atom. The van der Waals surface area contributed by atoms with E-state index >= 15 is 0 Å². The molecule has 0 saturated heterocycles. The number of aromatic nitrogens is 2. The molecule has 0 spiro atoms. The van der Waals surface area contributed by atoms with E-state index in [2.05, 4.69) is 20.3 Å². The maximum Gasteiger partial charge on any atom is 0.154 e. The molecular weight excluding hydrogens is 140 g/mol. The minimum absolute atomic E-state index is 0.602. The molecule has 4 nitrogen and oxygen atoms in total. The summed E-state index contributed by atoms with van der Waals surface area (Å²) in [5, 5.41) is 3.02. The Kier molecular flexibility index (Phi) is 1.31. The molecule has 0 atom stereocenters. The van der Waals surface area contributed by atoms with Gasteiger partial charge in [0, 0.05) is 0 Å². The van der Waals surface area contributed by atoms with Crippen LogP contribution in [0, 0.1) is 6.92 Å². The van der Waals surface area contributed by atoms with Crippen molar-refractivity contribution < 1.29 is 0 Å². The number of hydrogen-bond donors (Lipinski definition) is 1. The maximum atomic E-state index is 4.24. The van der Waals surface area contributed by atoms with Gasteiger partial charge < -0.3 is 5.32 Å². The Morgan fingerprint density at radius 2 is 2.45 bits per heavy atom. The van der Waals surface area contributed by atoms with Gasteiger partial charge in [-0.3, -0.25) is 4.99 Å². The fourth-order valence-corrected chi connectivity index (χ4v) is 0.975. The summed E-state index contributed by atoms with van der Waals surface area (Å²) in [5.74, 6) is 0.825. The molecule has 1 aliphatic heterocycles. The van der Waals surface area contributed by atoms with Crippen LogP contribution in [0.2, 0.25) is 0 Å². The van der Waals surface area contributed by atoms with E-state index in [1.165, 1.54) is 0 Å². The van der Waals surface area contributed by atoms with Crippen LogP contribution in [0.3, 0.4) is 0 Å². The smallest absolute Gasteiger partial charge is 0.154 e. The molecule has 0 aliphatic carbocycles. The lowest BCUT2D eigenvalue weighted by molar-refractivity contribution is 1.03. The molecule has 11 heavy (non-hydrogen) atoms. The maximum absolute atomic E-state index is 4.24. The molecule has 0 radical (unpaired) electrons. The zero-order chi connectivity index (χ0) is 7.68. The summed E-state index contributed by atoms with van der Waals surface area (Å²) < 4.78 is 0. The van der Waals surface area contributed by atoms with Gasteiger partial charge in [0.15, 0.2) is 5.82 Å². The minimum atomic E-state index is 0.602. The van der Waals surface area contributed by atoms with Crippen LogP contribution in [0.15, 0.2) is 11.2 Å². The highest BCUT2D eigenvalue weighted by Crippen LogP contribution is 2.09. The summed E-state index contributed by atoms with van der Waals surface area (Å²) in [5.41, 5.74) is 1.75. The second kappa shape index (κ2) is 2.30. The van der Waals surface area contributed by atoms with Crippen LogP contribution >= 0.6 is 0 Å². The number of hydrogen-bond acceptors (Lipinski definition) is 4. The van der Waals surface area contributed by atoms with Crippen molar-refractivity contribution in [3.8, 4) is 0 Å². The average molecular weight is 148 g/mol. The van der Waals surface area contributed by atoms with E-state index in [-0.39, 0.29) is 0 Å². The summed E-state index contributed by atoms with van der Waals surface area (Å²) in [7, 11) is 0. The van der Waals surface area contributed by atoms with Crippen LogP contribution in [0.5, 0.6) is 0 Å². The first-order valence-corrected chi connectivity index (χ1v) is 3.43. The van der Waals surface area contributed by atoms with Crippen molar-refractivity contribution >= 4 is 12.0 Å². The molecule has 0 bridgehead atoms. The lowest BCUT2D eigenvalue weighted by Gasteiger charge is -2.09. The van der Waals surface area contributed by atoms with Crippen molar-refractivity contribution in [2.45, 2.75) is 6.92 Å². The monoisotopic (exact) mass is 148 g/mol. The Balaban J connectivity index is 2.54. The van der Waals surface area contributed by atoms with Gasteiger partial charge in [0.25, 0.3) is 0 Å². The van der Waals surface area contributed by atoms with Crippen LogP contribution in [0.1, 0.15) is 11.4 Å². The Hall–Kier alpha value is -1.45. The van der Waals surface area contributed by atoms with Crippen LogP contribution in [-0.2, 0) is 0 Å². The molecular formula is C7H8N4. The number of aliphatic imine (C=N–C) groups is 1. The standard InChI is InChI=1S/C7H8N4/c1-5-2-9-7-6(11-5)3-8-4-10-7/h2-3H,4H2,1H3,(H,9,10). The van der Waals surface area contributed by atoms with E-state index in [0.717, 1.165) is 17.2 Å². The number of nitrogens with one attached hydrogen (secondary N) is 1. The second-order valence-corrected chi connectivity index (χ2v) is 2.39. The first-order chi connectivity index (χ1) is 5.36. The van der Waals surface area contributed by atoms with Crippen LogP contribution in [0.25, 0.3) is 0 Å². The van der Waals surface area contributed by atoms with E-state index in [1.807, 2.05) is 6.92 Å². The first-order valence-electron chi connectivity index (χ1n) is 3.43. The van der Waals surface area contributed by atoms with E-state index < -0.39 is 0 Å². The van der Waals surface area contributed by atoms with Gasteiger partial charge in [-0.2, -0.15) is 0 Å². The molecule has 1 aromatic rings. The van der Waals surface area contributed by atoms with Crippen LogP contribution < -0.4 is 5.32 Å². The normalized spacial score (nSPS) is 13.9. The second-order valence-electron chi connectivity index (χ2n) is 2.39. The molecule has 56 valence electrons. The molecule has 4 heteroatoms. The zero-order valence-electron chi connectivity index (χ0n) is 6.20. The summed E-state index contributed by atoms with van der Waals surface area (Å²) >= 11 is 0. The zero-order valence-corrected chi connectivity index (χ0v) is 6.20. The Labute approximate surface area is 64.4 Å². The highest BCUT2D eigenvalue weighted by atomic mass is 15.1. The van der Waals surface area contributed by atoms with E-state index in [4.69, 9.17) is 0 Å². The van der Waals surface area contributed by atoms with Gasteiger partial charge in [-0.25, -0.2) is 9.97 Å². The van der Waals surface area contributed by atoms with Crippen molar-refractivity contribution in [3.63, 3.8) is 0 Å². The molecule has 0 amide bonds. The highest BCUT2D eigenvalue weighted by molar-refractivity contribution is 5.85. The van der Waals surface area contributed by atoms with Gasteiger partial charge in [0.2, 0.25) is 0 Å². The van der Waals surface area contributed by atoms with E-state index in [0.29, 0.717) is 6.67 Å². The summed E-state index contributed by atoms with van der Waals surface area (Å²) in [6, 6.07) is 0. The molecule has 2 heterocycles. The Bertz CT molecular complexity index is 305. The minimum Gasteiger partial charge on any atom is -0.349 e. The van der Waals surface area contributed by atoms with Crippen LogP contribution in [0.4, 0.5) is 5.82 Å². The van der Waals surface area contributed by atoms with E-state index in [9.17, 15) is 0 Å². The van der Waals surface area contributed by atoms with Gasteiger partial charge >= 0.3 is 0 Å². The van der Waals surface area contributed by atoms with Gasteiger partial charge in [-0.15, -0.1) is 0 Å². The quantitative estimate of drug-likeness (QED) is 0.585. The van der Waals surface area contributed by atoms with Crippen molar-refractivity contribution in [2.75, 3.05) is 12.0 Å². The lowest BCUT2D eigenvalue weighted by Crippen LogP contribution is -2.11. The van der Waals surface area contributed by atoms with Gasteiger partial charge in [-0.1, -0.05) is 0 Å². The van der Waals surface area contributed by atoms with Crippen LogP contribution in [-0.4, -0.2) is 22.9 Å².